The number of nitrogens with one attached hydrogen (secondary N) is 1. The molecule has 2 heteroatoms. The van der Waals surface area contributed by atoms with Gasteiger partial charge in [-0.25, -0.2) is 0 Å². The van der Waals surface area contributed by atoms with Crippen molar-refractivity contribution in [2.24, 2.45) is 11.8 Å². The monoisotopic (exact) mass is 255 g/mol. The van der Waals surface area contributed by atoms with Crippen LogP contribution in [0.2, 0.25) is 0 Å². The number of hydrogen-bond acceptors (Lipinski definition) is 2. The fourth-order valence-corrected chi connectivity index (χ4v) is 4.75. The maximum atomic E-state index is 3.59. The SMILES string of the molecule is CNC(CC1CCCCC1)CC1CCSCC1. The van der Waals surface area contributed by atoms with Crippen molar-refractivity contribution in [3.63, 3.8) is 0 Å². The van der Waals surface area contributed by atoms with Crippen LogP contribution >= 0.6 is 11.8 Å². The van der Waals surface area contributed by atoms with E-state index in [4.69, 9.17) is 0 Å². The molecule has 2 rings (SSSR count). The quantitative estimate of drug-likeness (QED) is 0.794. The Hall–Kier alpha value is 0.310. The minimum absolute atomic E-state index is 0.797. The standard InChI is InChI=1S/C15H29NS/c1-16-15(11-13-5-3-2-4-6-13)12-14-7-9-17-10-8-14/h13-16H,2-12H2,1H3. The summed E-state index contributed by atoms with van der Waals surface area (Å²) in [4.78, 5) is 0. The molecule has 1 atom stereocenters. The second kappa shape index (κ2) is 7.68. The average molecular weight is 255 g/mol. The minimum atomic E-state index is 0.797. The molecule has 1 saturated heterocycles. The van der Waals surface area contributed by atoms with Gasteiger partial charge in [0.05, 0.1) is 0 Å². The summed E-state index contributed by atoms with van der Waals surface area (Å²) in [6.45, 7) is 0. The molecule has 1 saturated carbocycles. The summed E-state index contributed by atoms with van der Waals surface area (Å²) in [5.74, 6) is 4.85. The Labute approximate surface area is 112 Å². The van der Waals surface area contributed by atoms with E-state index in [2.05, 4.69) is 24.1 Å². The second-order valence-corrected chi connectivity index (χ2v) is 7.24. The highest BCUT2D eigenvalue weighted by molar-refractivity contribution is 7.99. The van der Waals surface area contributed by atoms with E-state index in [0.717, 1.165) is 17.9 Å². The molecule has 0 amide bonds. The van der Waals surface area contributed by atoms with Crippen LogP contribution in [0.5, 0.6) is 0 Å². The zero-order chi connectivity index (χ0) is 11.9. The molecule has 1 aliphatic heterocycles. The third-order valence-electron chi connectivity index (χ3n) is 4.71. The summed E-state index contributed by atoms with van der Waals surface area (Å²) in [5, 5.41) is 3.59. The molecule has 0 aromatic rings. The fourth-order valence-electron chi connectivity index (χ4n) is 3.54. The maximum Gasteiger partial charge on any atom is 0.00693 e. The van der Waals surface area contributed by atoms with Gasteiger partial charge in [0.15, 0.2) is 0 Å². The smallest absolute Gasteiger partial charge is 0.00693 e. The Morgan fingerprint density at radius 3 is 2.12 bits per heavy atom. The van der Waals surface area contributed by atoms with Gasteiger partial charge in [-0.1, -0.05) is 32.1 Å². The van der Waals surface area contributed by atoms with E-state index < -0.39 is 0 Å². The van der Waals surface area contributed by atoms with Crippen molar-refractivity contribution in [3.8, 4) is 0 Å². The zero-order valence-electron chi connectivity index (χ0n) is 11.4. The van der Waals surface area contributed by atoms with Gasteiger partial charge >= 0.3 is 0 Å². The van der Waals surface area contributed by atoms with Crippen LogP contribution in [0.15, 0.2) is 0 Å². The van der Waals surface area contributed by atoms with E-state index in [9.17, 15) is 0 Å². The molecule has 0 radical (unpaired) electrons. The maximum absolute atomic E-state index is 3.59. The van der Waals surface area contributed by atoms with Gasteiger partial charge in [0.2, 0.25) is 0 Å². The van der Waals surface area contributed by atoms with E-state index in [1.165, 1.54) is 69.3 Å². The lowest BCUT2D eigenvalue weighted by Gasteiger charge is -2.30. The normalized spacial score (nSPS) is 25.9. The molecule has 1 unspecified atom stereocenters. The van der Waals surface area contributed by atoms with Crippen LogP contribution in [0, 0.1) is 11.8 Å². The van der Waals surface area contributed by atoms with Crippen molar-refractivity contribution in [2.75, 3.05) is 18.6 Å². The summed E-state index contributed by atoms with van der Waals surface area (Å²) >= 11 is 2.15. The fraction of sp³-hybridized carbons (Fsp3) is 1.00. The molecule has 2 aliphatic rings. The lowest BCUT2D eigenvalue weighted by Crippen LogP contribution is -2.31. The lowest BCUT2D eigenvalue weighted by molar-refractivity contribution is 0.273. The van der Waals surface area contributed by atoms with E-state index in [1.807, 2.05) is 0 Å². The van der Waals surface area contributed by atoms with Crippen molar-refractivity contribution >= 4 is 11.8 Å². The largest absolute Gasteiger partial charge is 0.317 e. The summed E-state index contributed by atoms with van der Waals surface area (Å²) in [6.07, 6.45) is 13.3. The topological polar surface area (TPSA) is 12.0 Å². The first-order valence-corrected chi connectivity index (χ1v) is 8.79. The predicted octanol–water partition coefficient (Wildman–Crippen LogP) is 4.08. The summed E-state index contributed by atoms with van der Waals surface area (Å²) in [5.41, 5.74) is 0. The zero-order valence-corrected chi connectivity index (χ0v) is 12.2. The third kappa shape index (κ3) is 4.82. The Balaban J connectivity index is 1.71. The molecule has 0 bridgehead atoms. The van der Waals surface area contributed by atoms with Crippen molar-refractivity contribution < 1.29 is 0 Å². The molecule has 1 heterocycles. The van der Waals surface area contributed by atoms with Crippen LogP contribution in [0.3, 0.4) is 0 Å². The van der Waals surface area contributed by atoms with Crippen molar-refractivity contribution in [3.05, 3.63) is 0 Å². The number of thioether (sulfide) groups is 1. The molecule has 1 nitrogen and oxygen atoms in total. The van der Waals surface area contributed by atoms with Crippen molar-refractivity contribution in [2.45, 2.75) is 63.8 Å². The Morgan fingerprint density at radius 2 is 1.53 bits per heavy atom. The molecular formula is C15H29NS. The van der Waals surface area contributed by atoms with Gasteiger partial charge in [-0.2, -0.15) is 11.8 Å². The second-order valence-electron chi connectivity index (χ2n) is 6.02. The Kier molecular flexibility index (Phi) is 6.21. The van der Waals surface area contributed by atoms with Gasteiger partial charge in [-0.05, 0) is 56.1 Å². The van der Waals surface area contributed by atoms with Gasteiger partial charge in [-0.15, -0.1) is 0 Å². The molecular weight excluding hydrogens is 226 g/mol. The highest BCUT2D eigenvalue weighted by Crippen LogP contribution is 2.31. The highest BCUT2D eigenvalue weighted by atomic mass is 32.2. The third-order valence-corrected chi connectivity index (χ3v) is 5.76. The molecule has 1 N–H and O–H groups in total. The lowest BCUT2D eigenvalue weighted by atomic mass is 9.82. The van der Waals surface area contributed by atoms with Crippen LogP contribution in [0.25, 0.3) is 0 Å². The van der Waals surface area contributed by atoms with Gasteiger partial charge in [0.25, 0.3) is 0 Å². The van der Waals surface area contributed by atoms with Crippen LogP contribution in [-0.2, 0) is 0 Å². The van der Waals surface area contributed by atoms with Crippen LogP contribution in [0.1, 0.15) is 57.8 Å². The van der Waals surface area contributed by atoms with Crippen molar-refractivity contribution in [1.29, 1.82) is 0 Å². The first-order chi connectivity index (χ1) is 8.38. The molecule has 17 heavy (non-hydrogen) atoms. The van der Waals surface area contributed by atoms with Gasteiger partial charge in [0.1, 0.15) is 0 Å². The van der Waals surface area contributed by atoms with E-state index >= 15 is 0 Å². The van der Waals surface area contributed by atoms with Crippen LogP contribution in [-0.4, -0.2) is 24.6 Å². The molecule has 0 spiro atoms. The Bertz CT molecular complexity index is 175. The average Bonchev–Trinajstić information content (AvgIpc) is 2.40. The van der Waals surface area contributed by atoms with Crippen LogP contribution < -0.4 is 5.32 Å². The van der Waals surface area contributed by atoms with E-state index in [1.54, 1.807) is 0 Å². The molecule has 1 aliphatic carbocycles. The predicted molar refractivity (Wildman–Crippen MR) is 78.7 cm³/mol. The highest BCUT2D eigenvalue weighted by Gasteiger charge is 2.22. The first kappa shape index (κ1) is 13.7. The molecule has 0 aromatic heterocycles. The molecule has 2 fully saturated rings. The summed E-state index contributed by atoms with van der Waals surface area (Å²) < 4.78 is 0. The molecule has 0 aromatic carbocycles. The summed E-state index contributed by atoms with van der Waals surface area (Å²) in [6, 6.07) is 0.797. The van der Waals surface area contributed by atoms with Crippen molar-refractivity contribution in [1.82, 2.24) is 5.32 Å². The first-order valence-electron chi connectivity index (χ1n) is 7.63. The molecule has 100 valence electrons. The minimum Gasteiger partial charge on any atom is -0.317 e. The van der Waals surface area contributed by atoms with Gasteiger partial charge in [0, 0.05) is 6.04 Å². The van der Waals surface area contributed by atoms with Gasteiger partial charge in [-0.3, -0.25) is 0 Å². The van der Waals surface area contributed by atoms with Gasteiger partial charge < -0.3 is 5.32 Å². The van der Waals surface area contributed by atoms with E-state index in [0.29, 0.717) is 0 Å². The number of hydrogen-bond donors (Lipinski definition) is 1. The summed E-state index contributed by atoms with van der Waals surface area (Å²) in [7, 11) is 2.17. The number of rotatable bonds is 5. The van der Waals surface area contributed by atoms with E-state index in [-0.39, 0.29) is 0 Å². The van der Waals surface area contributed by atoms with Crippen LogP contribution in [0.4, 0.5) is 0 Å². The Morgan fingerprint density at radius 1 is 0.941 bits per heavy atom.